The second kappa shape index (κ2) is 6.37. The van der Waals surface area contributed by atoms with Gasteiger partial charge in [-0.05, 0) is 26.3 Å². The molecule has 0 aliphatic carbocycles. The number of carboxylic acid groups (broad SMARTS) is 1. The number of hydrogen-bond acceptors (Lipinski definition) is 4. The van der Waals surface area contributed by atoms with Crippen molar-refractivity contribution < 1.29 is 9.90 Å². The highest BCUT2D eigenvalue weighted by atomic mass is 16.4. The summed E-state index contributed by atoms with van der Waals surface area (Å²) in [6.45, 7) is 5.18. The largest absolute Gasteiger partial charge is 0.480 e. The number of carbonyl (C=O) groups is 1. The molecule has 16 heavy (non-hydrogen) atoms. The van der Waals surface area contributed by atoms with E-state index in [1.807, 2.05) is 0 Å². The predicted octanol–water partition coefficient (Wildman–Crippen LogP) is 0.505. The summed E-state index contributed by atoms with van der Waals surface area (Å²) in [5, 5.41) is 11.2. The fraction of sp³-hybridized carbons (Fsp3) is 0.727. The van der Waals surface area contributed by atoms with Gasteiger partial charge in [0.2, 0.25) is 0 Å². The molecule has 0 aromatic rings. The van der Waals surface area contributed by atoms with Gasteiger partial charge < -0.3 is 20.2 Å². The summed E-state index contributed by atoms with van der Waals surface area (Å²) in [5.74, 6) is -0.720. The molecule has 0 unspecified atom stereocenters. The first-order valence-electron chi connectivity index (χ1n) is 5.72. The molecule has 0 aromatic carbocycles. The van der Waals surface area contributed by atoms with Crippen molar-refractivity contribution in [1.29, 1.82) is 0 Å². The molecular formula is C11H21N3O2. The molecule has 1 fully saturated rings. The summed E-state index contributed by atoms with van der Waals surface area (Å²) in [6, 6.07) is -0.269. The number of rotatable bonds is 2. The number of nitrogens with one attached hydrogen (secondary N) is 1. The molecule has 1 saturated heterocycles. The first kappa shape index (κ1) is 12.8. The first-order chi connectivity index (χ1) is 7.63. The van der Waals surface area contributed by atoms with Crippen LogP contribution in [0.1, 0.15) is 19.8 Å². The van der Waals surface area contributed by atoms with E-state index in [9.17, 15) is 4.79 Å². The Kier molecular flexibility index (Phi) is 5.11. The average Bonchev–Trinajstić information content (AvgIpc) is 2.88. The zero-order valence-corrected chi connectivity index (χ0v) is 10.0. The third-order valence-corrected chi connectivity index (χ3v) is 2.70. The van der Waals surface area contributed by atoms with E-state index in [1.165, 1.54) is 0 Å². The van der Waals surface area contributed by atoms with Gasteiger partial charge in [-0.3, -0.25) is 4.79 Å². The number of nitrogens with zero attached hydrogens (tertiary/aromatic N) is 2. The van der Waals surface area contributed by atoms with E-state index in [1.54, 1.807) is 0 Å². The van der Waals surface area contributed by atoms with Crippen molar-refractivity contribution in [2.24, 2.45) is 0 Å². The Balaban J connectivity index is 0.000000160. The minimum absolute atomic E-state index is 0.269. The van der Waals surface area contributed by atoms with Crippen molar-refractivity contribution >= 4 is 5.97 Å². The van der Waals surface area contributed by atoms with Crippen LogP contribution < -0.4 is 5.32 Å². The van der Waals surface area contributed by atoms with E-state index in [4.69, 9.17) is 5.11 Å². The summed E-state index contributed by atoms with van der Waals surface area (Å²) in [6.07, 6.45) is 5.98. The lowest BCUT2D eigenvalue weighted by Crippen LogP contribution is -2.29. The zero-order chi connectivity index (χ0) is 12.0. The zero-order valence-electron chi connectivity index (χ0n) is 10.0. The first-order valence-corrected chi connectivity index (χ1v) is 5.72. The van der Waals surface area contributed by atoms with Gasteiger partial charge in [0, 0.05) is 26.0 Å². The van der Waals surface area contributed by atoms with Crippen LogP contribution in [0.2, 0.25) is 0 Å². The Bertz CT molecular complexity index is 250. The standard InChI is InChI=1S/C6H12N2.C5H9NO2/c1-3-8-5-4-7(2)6-8;7-5(8)4-2-1-3-6-4/h4-5H,3,6H2,1-2H3;4,6H,1-3H2,(H,7,8)/t;4-/m.0/s1. The lowest BCUT2D eigenvalue weighted by molar-refractivity contribution is -0.139. The van der Waals surface area contributed by atoms with Crippen LogP contribution in [0.4, 0.5) is 0 Å². The number of hydrogen-bond donors (Lipinski definition) is 2. The number of aliphatic carboxylic acids is 1. The minimum atomic E-state index is -0.720. The van der Waals surface area contributed by atoms with E-state index >= 15 is 0 Å². The highest BCUT2D eigenvalue weighted by molar-refractivity contribution is 5.73. The highest BCUT2D eigenvalue weighted by Crippen LogP contribution is 2.03. The molecule has 0 amide bonds. The van der Waals surface area contributed by atoms with Crippen LogP contribution in [-0.2, 0) is 4.79 Å². The maximum absolute atomic E-state index is 10.1. The van der Waals surface area contributed by atoms with Gasteiger partial charge in [-0.25, -0.2) is 0 Å². The second-order valence-corrected chi connectivity index (χ2v) is 4.09. The molecule has 5 nitrogen and oxygen atoms in total. The lowest BCUT2D eigenvalue weighted by Gasteiger charge is -2.14. The van der Waals surface area contributed by atoms with E-state index in [2.05, 4.69) is 41.5 Å². The van der Waals surface area contributed by atoms with Gasteiger partial charge in [0.1, 0.15) is 6.04 Å². The molecule has 0 spiro atoms. The molecule has 2 N–H and O–H groups in total. The van der Waals surface area contributed by atoms with Crippen LogP contribution in [0.3, 0.4) is 0 Å². The highest BCUT2D eigenvalue weighted by Gasteiger charge is 2.20. The van der Waals surface area contributed by atoms with Crippen LogP contribution in [0.5, 0.6) is 0 Å². The molecule has 5 heteroatoms. The van der Waals surface area contributed by atoms with Gasteiger partial charge >= 0.3 is 5.97 Å². The molecule has 0 bridgehead atoms. The Morgan fingerprint density at radius 2 is 2.31 bits per heavy atom. The van der Waals surface area contributed by atoms with Crippen LogP contribution in [0.15, 0.2) is 12.4 Å². The Morgan fingerprint density at radius 1 is 1.56 bits per heavy atom. The van der Waals surface area contributed by atoms with Gasteiger partial charge in [-0.1, -0.05) is 0 Å². The van der Waals surface area contributed by atoms with Crippen molar-refractivity contribution in [3.05, 3.63) is 12.4 Å². The maximum atomic E-state index is 10.1. The van der Waals surface area contributed by atoms with Gasteiger partial charge in [0.15, 0.2) is 0 Å². The van der Waals surface area contributed by atoms with Gasteiger partial charge in [0.25, 0.3) is 0 Å². The molecule has 0 radical (unpaired) electrons. The molecule has 2 aliphatic rings. The Hall–Kier alpha value is -1.23. The van der Waals surface area contributed by atoms with Crippen molar-refractivity contribution in [3.63, 3.8) is 0 Å². The van der Waals surface area contributed by atoms with Crippen LogP contribution in [0.25, 0.3) is 0 Å². The van der Waals surface area contributed by atoms with Crippen molar-refractivity contribution in [1.82, 2.24) is 15.1 Å². The molecule has 92 valence electrons. The van der Waals surface area contributed by atoms with Crippen molar-refractivity contribution in [2.45, 2.75) is 25.8 Å². The predicted molar refractivity (Wildman–Crippen MR) is 62.8 cm³/mol. The summed E-state index contributed by atoms with van der Waals surface area (Å²) in [5.41, 5.74) is 0. The van der Waals surface area contributed by atoms with Gasteiger partial charge in [0.05, 0.1) is 6.67 Å². The summed E-state index contributed by atoms with van der Waals surface area (Å²) in [7, 11) is 2.08. The maximum Gasteiger partial charge on any atom is 0.320 e. The third-order valence-electron chi connectivity index (χ3n) is 2.70. The summed E-state index contributed by atoms with van der Waals surface area (Å²) < 4.78 is 0. The molecule has 2 heterocycles. The van der Waals surface area contributed by atoms with E-state index in [-0.39, 0.29) is 6.04 Å². The van der Waals surface area contributed by atoms with Crippen LogP contribution >= 0.6 is 0 Å². The average molecular weight is 227 g/mol. The fourth-order valence-corrected chi connectivity index (χ4v) is 1.69. The van der Waals surface area contributed by atoms with Crippen molar-refractivity contribution in [2.75, 3.05) is 26.8 Å². The van der Waals surface area contributed by atoms with Crippen LogP contribution in [0, 0.1) is 0 Å². The van der Waals surface area contributed by atoms with Gasteiger partial charge in [-0.15, -0.1) is 0 Å². The second-order valence-electron chi connectivity index (χ2n) is 4.09. The molecule has 2 rings (SSSR count). The van der Waals surface area contributed by atoms with Gasteiger partial charge in [-0.2, -0.15) is 0 Å². The normalized spacial score (nSPS) is 23.2. The SMILES string of the molecule is CCN1C=CN(C)C1.O=C(O)[C@@H]1CCCN1. The fourth-order valence-electron chi connectivity index (χ4n) is 1.69. The monoisotopic (exact) mass is 227 g/mol. The smallest absolute Gasteiger partial charge is 0.320 e. The topological polar surface area (TPSA) is 55.8 Å². The third kappa shape index (κ3) is 4.10. The summed E-state index contributed by atoms with van der Waals surface area (Å²) >= 11 is 0. The van der Waals surface area contributed by atoms with E-state index in [0.717, 1.165) is 32.6 Å². The van der Waals surface area contributed by atoms with E-state index in [0.29, 0.717) is 0 Å². The minimum Gasteiger partial charge on any atom is -0.480 e. The van der Waals surface area contributed by atoms with Crippen molar-refractivity contribution in [3.8, 4) is 0 Å². The molecule has 2 aliphatic heterocycles. The lowest BCUT2D eigenvalue weighted by atomic mass is 10.2. The van der Waals surface area contributed by atoms with Crippen LogP contribution in [-0.4, -0.2) is 53.7 Å². The quantitative estimate of drug-likeness (QED) is 0.719. The molecule has 0 saturated carbocycles. The summed E-state index contributed by atoms with van der Waals surface area (Å²) in [4.78, 5) is 14.5. The molecule has 0 aromatic heterocycles. The Labute approximate surface area is 96.7 Å². The molecule has 1 atom stereocenters. The molecular weight excluding hydrogens is 206 g/mol. The number of carboxylic acids is 1. The Morgan fingerprint density at radius 3 is 2.56 bits per heavy atom. The van der Waals surface area contributed by atoms with E-state index < -0.39 is 5.97 Å².